The number of hydrogen-bond donors (Lipinski definition) is 0. The summed E-state index contributed by atoms with van der Waals surface area (Å²) in [6.07, 6.45) is 8.48. The quantitative estimate of drug-likeness (QED) is 0.467. The molecule has 1 aliphatic carbocycles. The Balaban J connectivity index is 0.00000169. The maximum atomic E-state index is 5.80. The van der Waals surface area contributed by atoms with E-state index >= 15 is 0 Å². The van der Waals surface area contributed by atoms with Crippen molar-refractivity contribution in [2.24, 2.45) is 11.3 Å². The van der Waals surface area contributed by atoms with Crippen molar-refractivity contribution in [1.29, 1.82) is 0 Å². The molecular formula is C12H19BK-. The zero-order valence-electron chi connectivity index (χ0n) is 9.68. The average molecular weight is 213 g/mol. The first-order chi connectivity index (χ1) is 6.10. The van der Waals surface area contributed by atoms with Crippen LogP contribution in [0.2, 0.25) is 0 Å². The van der Waals surface area contributed by atoms with Crippen LogP contribution in [-0.2, 0) is 0 Å². The van der Waals surface area contributed by atoms with Gasteiger partial charge < -0.3 is 13.3 Å². The Morgan fingerprint density at radius 2 is 1.93 bits per heavy atom. The first-order valence-electron chi connectivity index (χ1n) is 5.19. The van der Waals surface area contributed by atoms with Gasteiger partial charge in [0.15, 0.2) is 0 Å². The minimum absolute atomic E-state index is 0. The Hall–Kier alpha value is 1.44. The van der Waals surface area contributed by atoms with Gasteiger partial charge in [-0.25, -0.2) is 0 Å². The molecule has 0 bridgehead atoms. The Morgan fingerprint density at radius 1 is 1.43 bits per heavy atom. The van der Waals surface area contributed by atoms with Crippen LogP contribution < -0.4 is 51.4 Å². The van der Waals surface area contributed by atoms with E-state index in [1.54, 1.807) is 0 Å². The van der Waals surface area contributed by atoms with Gasteiger partial charge in [-0.1, -0.05) is 32.1 Å². The van der Waals surface area contributed by atoms with Gasteiger partial charge in [0, 0.05) is 0 Å². The first-order valence-corrected chi connectivity index (χ1v) is 5.19. The monoisotopic (exact) mass is 213 g/mol. The Kier molecular flexibility index (Phi) is 7.61. The summed E-state index contributed by atoms with van der Waals surface area (Å²) in [6.45, 7) is 10.3. The summed E-state index contributed by atoms with van der Waals surface area (Å²) < 4.78 is 0. The van der Waals surface area contributed by atoms with E-state index in [1.165, 1.54) is 32.1 Å². The molecule has 0 amide bonds. The molecule has 0 heterocycles. The number of allylic oxidation sites excluding steroid dienone is 1. The van der Waals surface area contributed by atoms with E-state index in [2.05, 4.69) is 26.8 Å². The van der Waals surface area contributed by atoms with Crippen LogP contribution in [0.4, 0.5) is 0 Å². The third kappa shape index (κ3) is 3.79. The third-order valence-corrected chi connectivity index (χ3v) is 3.24. The standard InChI is InChI=1S/C12H19B.K/c1-4-11(10(2)13)12(3)8-6-5-7-9-12;/h4,11H,2-3,5-9H2,1H3;/q-2;+1. The Labute approximate surface area is 133 Å². The van der Waals surface area contributed by atoms with Gasteiger partial charge in [0.2, 0.25) is 0 Å². The normalized spacial score (nSPS) is 22.1. The van der Waals surface area contributed by atoms with E-state index < -0.39 is 0 Å². The van der Waals surface area contributed by atoms with E-state index in [9.17, 15) is 0 Å². The van der Waals surface area contributed by atoms with E-state index in [0.29, 0.717) is 5.92 Å². The van der Waals surface area contributed by atoms with Gasteiger partial charge in [-0.2, -0.15) is 23.7 Å². The van der Waals surface area contributed by atoms with Gasteiger partial charge in [-0.3, -0.25) is 0 Å². The zero-order valence-corrected chi connectivity index (χ0v) is 12.8. The van der Waals surface area contributed by atoms with Crippen LogP contribution in [0.5, 0.6) is 0 Å². The summed E-state index contributed by atoms with van der Waals surface area (Å²) >= 11 is 0. The number of rotatable bonds is 3. The fourth-order valence-electron chi connectivity index (χ4n) is 2.53. The maximum Gasteiger partial charge on any atom is 1.00 e. The van der Waals surface area contributed by atoms with Crippen molar-refractivity contribution in [3.8, 4) is 0 Å². The molecule has 0 spiro atoms. The second kappa shape index (κ2) is 6.90. The molecule has 0 aromatic heterocycles. The van der Waals surface area contributed by atoms with Crippen LogP contribution in [-0.4, -0.2) is 7.85 Å². The summed E-state index contributed by atoms with van der Waals surface area (Å²) in [5.74, 6) is 0.299. The summed E-state index contributed by atoms with van der Waals surface area (Å²) in [4.78, 5) is 0. The topological polar surface area (TPSA) is 0 Å². The predicted octanol–water partition coefficient (Wildman–Crippen LogP) is 0.298. The molecule has 14 heavy (non-hydrogen) atoms. The Bertz CT molecular complexity index is 183. The van der Waals surface area contributed by atoms with Crippen LogP contribution in [0.3, 0.4) is 0 Å². The van der Waals surface area contributed by atoms with E-state index in [1.807, 2.05) is 0 Å². The summed E-state index contributed by atoms with van der Waals surface area (Å²) in [7, 11) is 5.80. The van der Waals surface area contributed by atoms with Crippen molar-refractivity contribution in [2.45, 2.75) is 39.0 Å². The fraction of sp³-hybridized carbons (Fsp3) is 0.667. The largest absolute Gasteiger partial charge is 1.00 e. The second-order valence-corrected chi connectivity index (χ2v) is 4.31. The number of hydrogen-bond acceptors (Lipinski definition) is 0. The van der Waals surface area contributed by atoms with Crippen LogP contribution in [0, 0.1) is 24.7 Å². The molecule has 0 saturated heterocycles. The smallest absolute Gasteiger partial charge is 0.339 e. The van der Waals surface area contributed by atoms with E-state index in [4.69, 9.17) is 7.85 Å². The van der Waals surface area contributed by atoms with Gasteiger partial charge in [0.25, 0.3) is 0 Å². The van der Waals surface area contributed by atoms with Crippen molar-refractivity contribution in [2.75, 3.05) is 0 Å². The molecule has 1 saturated carbocycles. The van der Waals surface area contributed by atoms with Gasteiger partial charge in [0.05, 0.1) is 0 Å². The van der Waals surface area contributed by atoms with Gasteiger partial charge in [-0.15, -0.1) is 6.58 Å². The molecule has 1 unspecified atom stereocenters. The van der Waals surface area contributed by atoms with E-state index in [-0.39, 0.29) is 56.8 Å². The molecule has 2 heteroatoms. The van der Waals surface area contributed by atoms with E-state index in [0.717, 1.165) is 5.47 Å². The summed E-state index contributed by atoms with van der Waals surface area (Å²) in [5, 5.41) is 0. The minimum atomic E-state index is 0. The van der Waals surface area contributed by atoms with Crippen LogP contribution in [0.15, 0.2) is 12.1 Å². The SMILES string of the molecule is [B]C(=C)C([CH-]C)C1([CH2-])CCCCC1.[K+]. The third-order valence-electron chi connectivity index (χ3n) is 3.24. The molecular weight excluding hydrogens is 194 g/mol. The molecule has 1 aliphatic rings. The molecule has 0 nitrogen and oxygen atoms in total. The first kappa shape index (κ1) is 15.4. The predicted molar refractivity (Wildman–Crippen MR) is 59.2 cm³/mol. The maximum absolute atomic E-state index is 5.80. The van der Waals surface area contributed by atoms with Crippen LogP contribution >= 0.6 is 0 Å². The van der Waals surface area contributed by atoms with Crippen LogP contribution in [0.25, 0.3) is 0 Å². The molecule has 0 aromatic carbocycles. The molecule has 72 valence electrons. The molecule has 2 radical (unpaired) electrons. The fourth-order valence-corrected chi connectivity index (χ4v) is 2.53. The summed E-state index contributed by atoms with van der Waals surface area (Å²) in [5.41, 5.74) is 0.915. The molecule has 1 rings (SSSR count). The van der Waals surface area contributed by atoms with Gasteiger partial charge >= 0.3 is 51.4 Å². The van der Waals surface area contributed by atoms with Crippen molar-refractivity contribution in [1.82, 2.24) is 0 Å². The Morgan fingerprint density at radius 3 is 2.29 bits per heavy atom. The van der Waals surface area contributed by atoms with Crippen molar-refractivity contribution >= 4 is 7.85 Å². The molecule has 1 fully saturated rings. The minimum Gasteiger partial charge on any atom is -0.339 e. The summed E-state index contributed by atoms with van der Waals surface area (Å²) in [6, 6.07) is 0. The molecule has 0 aromatic rings. The molecule has 0 N–H and O–H groups in total. The van der Waals surface area contributed by atoms with Crippen LogP contribution in [0.1, 0.15) is 39.0 Å². The van der Waals surface area contributed by atoms with Crippen molar-refractivity contribution in [3.63, 3.8) is 0 Å². The molecule has 0 aliphatic heterocycles. The van der Waals surface area contributed by atoms with Crippen molar-refractivity contribution in [3.05, 3.63) is 25.4 Å². The van der Waals surface area contributed by atoms with Gasteiger partial charge in [-0.05, 0) is 0 Å². The molecule has 1 atom stereocenters. The van der Waals surface area contributed by atoms with Crippen molar-refractivity contribution < 1.29 is 51.4 Å². The average Bonchev–Trinajstić information content (AvgIpc) is 2.05. The van der Waals surface area contributed by atoms with Gasteiger partial charge in [0.1, 0.15) is 7.85 Å². The zero-order chi connectivity index (χ0) is 9.90. The second-order valence-electron chi connectivity index (χ2n) is 4.31.